The van der Waals surface area contributed by atoms with Crippen molar-refractivity contribution in [3.05, 3.63) is 30.9 Å². The van der Waals surface area contributed by atoms with E-state index in [1.807, 2.05) is 29.3 Å². The summed E-state index contributed by atoms with van der Waals surface area (Å²) < 4.78 is 2.00. The summed E-state index contributed by atoms with van der Waals surface area (Å²) in [6.45, 7) is 0. The number of aromatic amines is 1. The summed E-state index contributed by atoms with van der Waals surface area (Å²) in [5, 5.41) is 22.9. The fraction of sp³-hybridized carbons (Fsp3) is 0.375. The third-order valence-electron chi connectivity index (χ3n) is 4.68. The first kappa shape index (κ1) is 13.0. The Hall–Kier alpha value is -2.68. The Morgan fingerprint density at radius 1 is 1.32 bits per heavy atom. The molecule has 0 bridgehead atoms. The Morgan fingerprint density at radius 2 is 2.18 bits per heavy atom. The molecule has 1 N–H and O–H groups in total. The highest BCUT2D eigenvalue weighted by Gasteiger charge is 2.36. The van der Waals surface area contributed by atoms with Gasteiger partial charge in [-0.3, -0.25) is 4.68 Å². The number of nitriles is 1. The first-order valence-corrected chi connectivity index (χ1v) is 7.54. The molecule has 0 radical (unpaired) electrons. The monoisotopic (exact) mass is 292 g/mol. The molecule has 110 valence electrons. The molecule has 4 rings (SSSR count). The van der Waals surface area contributed by atoms with Crippen LogP contribution in [-0.2, 0) is 5.54 Å². The van der Waals surface area contributed by atoms with Crippen LogP contribution in [0.4, 0.5) is 0 Å². The molecule has 3 aromatic heterocycles. The molecule has 22 heavy (non-hydrogen) atoms. The first-order chi connectivity index (χ1) is 10.8. The Balaban J connectivity index is 1.78. The lowest BCUT2D eigenvalue weighted by Crippen LogP contribution is -2.30. The molecule has 0 atom stereocenters. The van der Waals surface area contributed by atoms with Crippen molar-refractivity contribution >= 4 is 11.0 Å². The van der Waals surface area contributed by atoms with E-state index in [1.165, 1.54) is 0 Å². The quantitative estimate of drug-likeness (QED) is 0.804. The van der Waals surface area contributed by atoms with Crippen LogP contribution < -0.4 is 0 Å². The maximum Gasteiger partial charge on any atom is 0.160 e. The standard InChI is InChI=1S/C16H16N6/c17-7-6-16(4-1-2-5-16)22-11-12(9-20-22)14-10-19-21-15-13(14)3-8-18-15/h3,8-11H,1-2,4-6H2,(H,18,21). The zero-order valence-corrected chi connectivity index (χ0v) is 12.2. The van der Waals surface area contributed by atoms with Crippen LogP contribution in [0.1, 0.15) is 32.1 Å². The van der Waals surface area contributed by atoms with Gasteiger partial charge in [-0.15, -0.1) is 5.10 Å². The van der Waals surface area contributed by atoms with E-state index in [2.05, 4.69) is 26.3 Å². The van der Waals surface area contributed by atoms with Crippen LogP contribution in [0.25, 0.3) is 22.2 Å². The molecule has 1 aliphatic rings. The number of fused-ring (bicyclic) bond motifs is 1. The molecular weight excluding hydrogens is 276 g/mol. The highest BCUT2D eigenvalue weighted by atomic mass is 15.3. The minimum atomic E-state index is -0.134. The van der Waals surface area contributed by atoms with Crippen molar-refractivity contribution in [2.75, 3.05) is 0 Å². The highest BCUT2D eigenvalue weighted by molar-refractivity contribution is 5.91. The Bertz CT molecular complexity index is 847. The molecule has 0 aliphatic heterocycles. The largest absolute Gasteiger partial charge is 0.345 e. The summed E-state index contributed by atoms with van der Waals surface area (Å²) in [4.78, 5) is 3.08. The summed E-state index contributed by atoms with van der Waals surface area (Å²) in [5.41, 5.74) is 2.68. The SMILES string of the molecule is N#CCC1(n2cc(-c3cnnc4[nH]ccc34)cn2)CCCC1. The molecule has 0 saturated heterocycles. The van der Waals surface area contributed by atoms with Gasteiger partial charge in [0.2, 0.25) is 0 Å². The second-order valence-electron chi connectivity index (χ2n) is 5.94. The molecule has 1 aliphatic carbocycles. The van der Waals surface area contributed by atoms with Crippen molar-refractivity contribution in [1.82, 2.24) is 25.0 Å². The van der Waals surface area contributed by atoms with E-state index >= 15 is 0 Å². The van der Waals surface area contributed by atoms with Gasteiger partial charge in [-0.1, -0.05) is 12.8 Å². The van der Waals surface area contributed by atoms with E-state index in [9.17, 15) is 5.26 Å². The number of rotatable bonds is 3. The van der Waals surface area contributed by atoms with E-state index in [-0.39, 0.29) is 5.54 Å². The lowest BCUT2D eigenvalue weighted by molar-refractivity contribution is 0.269. The van der Waals surface area contributed by atoms with Crippen molar-refractivity contribution in [1.29, 1.82) is 5.26 Å². The van der Waals surface area contributed by atoms with E-state index < -0.39 is 0 Å². The van der Waals surface area contributed by atoms with Gasteiger partial charge in [0.25, 0.3) is 0 Å². The van der Waals surface area contributed by atoms with Crippen LogP contribution in [0.3, 0.4) is 0 Å². The number of nitrogens with one attached hydrogen (secondary N) is 1. The van der Waals surface area contributed by atoms with E-state index in [1.54, 1.807) is 6.20 Å². The summed E-state index contributed by atoms with van der Waals surface area (Å²) >= 11 is 0. The van der Waals surface area contributed by atoms with Gasteiger partial charge in [0.1, 0.15) is 0 Å². The third-order valence-corrected chi connectivity index (χ3v) is 4.68. The first-order valence-electron chi connectivity index (χ1n) is 7.54. The van der Waals surface area contributed by atoms with Crippen molar-refractivity contribution < 1.29 is 0 Å². The van der Waals surface area contributed by atoms with Gasteiger partial charge in [0.05, 0.1) is 30.4 Å². The number of aromatic nitrogens is 5. The van der Waals surface area contributed by atoms with Crippen LogP contribution in [0, 0.1) is 11.3 Å². The lowest BCUT2D eigenvalue weighted by atomic mass is 9.94. The Labute approximate surface area is 127 Å². The normalized spacial score (nSPS) is 16.9. The second kappa shape index (κ2) is 4.95. The molecule has 0 unspecified atom stereocenters. The zero-order chi connectivity index (χ0) is 15.0. The van der Waals surface area contributed by atoms with Gasteiger partial charge in [0, 0.05) is 28.9 Å². The molecule has 3 heterocycles. The minimum absolute atomic E-state index is 0.134. The lowest BCUT2D eigenvalue weighted by Gasteiger charge is -2.26. The Kier molecular flexibility index (Phi) is 2.93. The molecule has 1 saturated carbocycles. The second-order valence-corrected chi connectivity index (χ2v) is 5.94. The topological polar surface area (TPSA) is 83.2 Å². The molecular formula is C16H16N6. The molecule has 6 heteroatoms. The minimum Gasteiger partial charge on any atom is -0.345 e. The van der Waals surface area contributed by atoms with Gasteiger partial charge >= 0.3 is 0 Å². The molecule has 0 amide bonds. The van der Waals surface area contributed by atoms with Gasteiger partial charge in [-0.05, 0) is 18.9 Å². The zero-order valence-electron chi connectivity index (χ0n) is 12.2. The summed E-state index contributed by atoms with van der Waals surface area (Å²) in [5.74, 6) is 0. The fourth-order valence-corrected chi connectivity index (χ4v) is 3.49. The van der Waals surface area contributed by atoms with Gasteiger partial charge in [-0.2, -0.15) is 15.5 Å². The fourth-order valence-electron chi connectivity index (χ4n) is 3.49. The number of nitrogens with zero attached hydrogens (tertiary/aromatic N) is 5. The molecule has 1 fully saturated rings. The predicted octanol–water partition coefficient (Wildman–Crippen LogP) is 3.00. The van der Waals surface area contributed by atoms with E-state index in [4.69, 9.17) is 0 Å². The van der Waals surface area contributed by atoms with Crippen molar-refractivity contribution in [3.63, 3.8) is 0 Å². The van der Waals surface area contributed by atoms with Crippen LogP contribution in [0.15, 0.2) is 30.9 Å². The van der Waals surface area contributed by atoms with Crippen molar-refractivity contribution in [2.24, 2.45) is 0 Å². The van der Waals surface area contributed by atoms with Crippen LogP contribution in [0.5, 0.6) is 0 Å². The highest BCUT2D eigenvalue weighted by Crippen LogP contribution is 2.39. The molecule has 6 nitrogen and oxygen atoms in total. The van der Waals surface area contributed by atoms with Gasteiger partial charge in [0.15, 0.2) is 5.65 Å². The summed E-state index contributed by atoms with van der Waals surface area (Å²) in [6, 6.07) is 4.33. The van der Waals surface area contributed by atoms with E-state index in [0.29, 0.717) is 6.42 Å². The van der Waals surface area contributed by atoms with Crippen LogP contribution in [0.2, 0.25) is 0 Å². The maximum atomic E-state index is 9.18. The molecule has 0 aromatic carbocycles. The summed E-state index contributed by atoms with van der Waals surface area (Å²) in [6.07, 6.45) is 12.4. The van der Waals surface area contributed by atoms with Crippen LogP contribution in [-0.4, -0.2) is 25.0 Å². The average Bonchev–Trinajstić information content (AvgIpc) is 3.27. The summed E-state index contributed by atoms with van der Waals surface area (Å²) in [7, 11) is 0. The Morgan fingerprint density at radius 3 is 3.00 bits per heavy atom. The smallest absolute Gasteiger partial charge is 0.160 e. The van der Waals surface area contributed by atoms with E-state index in [0.717, 1.165) is 47.8 Å². The average molecular weight is 292 g/mol. The van der Waals surface area contributed by atoms with Gasteiger partial charge in [-0.25, -0.2) is 0 Å². The third kappa shape index (κ3) is 1.90. The molecule has 0 spiro atoms. The van der Waals surface area contributed by atoms with Crippen molar-refractivity contribution in [3.8, 4) is 17.2 Å². The van der Waals surface area contributed by atoms with Gasteiger partial charge < -0.3 is 4.98 Å². The number of hydrogen-bond acceptors (Lipinski definition) is 4. The maximum absolute atomic E-state index is 9.18. The molecule has 3 aromatic rings. The predicted molar refractivity (Wildman–Crippen MR) is 81.8 cm³/mol. The number of H-pyrrole nitrogens is 1. The van der Waals surface area contributed by atoms with Crippen molar-refractivity contribution in [2.45, 2.75) is 37.6 Å². The number of hydrogen-bond donors (Lipinski definition) is 1. The van der Waals surface area contributed by atoms with Crippen LogP contribution >= 0.6 is 0 Å².